The average molecular weight is 413 g/mol. The Morgan fingerprint density at radius 1 is 0.680 bits per heavy atom. The van der Waals surface area contributed by atoms with Crippen LogP contribution in [0.3, 0.4) is 0 Å². The molecule has 0 aromatic heterocycles. The molecule has 0 fully saturated rings. The van der Waals surface area contributed by atoms with Crippen LogP contribution in [0.2, 0.25) is 0 Å². The molecule has 3 N–H and O–H groups in total. The molecule has 0 atom stereocenters. The third kappa shape index (κ3) is 36.5. The molecule has 0 saturated carbocycles. The van der Waals surface area contributed by atoms with E-state index < -0.39 is 20.2 Å². The van der Waals surface area contributed by atoms with Crippen LogP contribution in [0.1, 0.15) is 71.1 Å². The maximum Gasteiger partial charge on any atom is 0.266 e. The number of rotatable bonds is 14. The molecule has 7 nitrogen and oxygen atoms in total. The normalized spacial score (nSPS) is 11.4. The minimum absolute atomic E-state index is 0. The van der Waals surface area contributed by atoms with Crippen LogP contribution in [0.5, 0.6) is 0 Å². The van der Waals surface area contributed by atoms with Crippen LogP contribution in [0.25, 0.3) is 0 Å². The Morgan fingerprint density at radius 3 is 1.32 bits per heavy atom. The molecule has 0 unspecified atom stereocenters. The van der Waals surface area contributed by atoms with Gasteiger partial charge in [-0.1, -0.05) is 64.7 Å². The van der Waals surface area contributed by atoms with Crippen LogP contribution >= 0.6 is 0 Å². The molecule has 0 spiro atoms. The van der Waals surface area contributed by atoms with Crippen molar-refractivity contribution in [1.82, 2.24) is 5.32 Å². The maximum atomic E-state index is 10.4. The first kappa shape index (κ1) is 30.5. The zero-order chi connectivity index (χ0) is 18.9. The van der Waals surface area contributed by atoms with Gasteiger partial charge in [0.25, 0.3) is 20.2 Å². The number of nitrogens with one attached hydrogen (secondary N) is 1. The van der Waals surface area contributed by atoms with E-state index in [1.165, 1.54) is 44.9 Å². The zero-order valence-corrected chi connectivity index (χ0v) is 19.7. The topological polar surface area (TPSA) is 121 Å². The minimum Gasteiger partial charge on any atom is -0.319 e. The van der Waals surface area contributed by atoms with Crippen molar-refractivity contribution in [3.05, 3.63) is 0 Å². The van der Waals surface area contributed by atoms with Crippen molar-refractivity contribution < 1.29 is 25.9 Å². The monoisotopic (exact) mass is 412 g/mol. The summed E-state index contributed by atoms with van der Waals surface area (Å²) in [5.41, 5.74) is 0. The van der Waals surface area contributed by atoms with Crippen LogP contribution in [-0.4, -0.2) is 80.6 Å². The molecular formula is C15H35NNaO6S2. The Hall–Kier alpha value is 0.780. The molecule has 0 aliphatic carbocycles. The third-order valence-electron chi connectivity index (χ3n) is 3.37. The van der Waals surface area contributed by atoms with Gasteiger partial charge in [0.2, 0.25) is 0 Å². The molecule has 1 radical (unpaired) electrons. The van der Waals surface area contributed by atoms with E-state index in [9.17, 15) is 16.8 Å². The molecule has 0 aliphatic heterocycles. The van der Waals surface area contributed by atoms with E-state index in [1.807, 2.05) is 0 Å². The molecule has 0 aliphatic rings. The second-order valence-corrected chi connectivity index (χ2v) is 9.00. The van der Waals surface area contributed by atoms with Gasteiger partial charge in [-0.3, -0.25) is 9.11 Å². The van der Waals surface area contributed by atoms with E-state index in [4.69, 9.17) is 9.11 Å². The van der Waals surface area contributed by atoms with Gasteiger partial charge in [0.1, 0.15) is 0 Å². The average Bonchev–Trinajstić information content (AvgIpc) is 2.46. The molecule has 0 amide bonds. The predicted octanol–water partition coefficient (Wildman–Crippen LogP) is 2.51. The van der Waals surface area contributed by atoms with Crippen molar-refractivity contribution in [2.75, 3.05) is 25.1 Å². The fourth-order valence-corrected chi connectivity index (χ4v) is 3.03. The number of hydrogen-bond acceptors (Lipinski definition) is 5. The molecule has 10 heteroatoms. The van der Waals surface area contributed by atoms with Crippen molar-refractivity contribution in [2.45, 2.75) is 71.1 Å². The summed E-state index contributed by atoms with van der Waals surface area (Å²) in [6.45, 7) is 2.51. The summed E-state index contributed by atoms with van der Waals surface area (Å²) in [5, 5.41) is 2.59. The standard InChI is InChI=1S/C12H26O3S.C3H9NO3S.Na/c1-2-3-4-5-6-7-8-9-10-11-12-16(13,14)15;1-4-2-3-8(5,6)7;/h2-12H2,1H3,(H,13,14,15);4H,2-3H2,1H3,(H,5,6,7);. The van der Waals surface area contributed by atoms with Crippen LogP contribution in [0.4, 0.5) is 0 Å². The molecule has 25 heavy (non-hydrogen) atoms. The SMILES string of the molecule is CCCCCCCCCCCCS(=O)(=O)O.CNCCS(=O)(=O)O.[Na]. The van der Waals surface area contributed by atoms with Gasteiger partial charge >= 0.3 is 0 Å². The number of hydrogen-bond donors (Lipinski definition) is 3. The zero-order valence-electron chi connectivity index (χ0n) is 16.0. The van der Waals surface area contributed by atoms with E-state index in [-0.39, 0.29) is 41.1 Å². The van der Waals surface area contributed by atoms with Gasteiger partial charge in [0.05, 0.1) is 11.5 Å². The Morgan fingerprint density at radius 2 is 1.04 bits per heavy atom. The quantitative estimate of drug-likeness (QED) is 0.228. The van der Waals surface area contributed by atoms with Gasteiger partial charge in [-0.15, -0.1) is 0 Å². The first-order chi connectivity index (χ1) is 11.1. The summed E-state index contributed by atoms with van der Waals surface area (Å²) < 4.78 is 57.3. The van der Waals surface area contributed by atoms with Gasteiger partial charge in [0.15, 0.2) is 0 Å². The summed E-state index contributed by atoms with van der Waals surface area (Å²) >= 11 is 0. The molecule has 149 valence electrons. The van der Waals surface area contributed by atoms with Crippen LogP contribution in [0.15, 0.2) is 0 Å². The van der Waals surface area contributed by atoms with Crippen molar-refractivity contribution >= 4 is 49.8 Å². The summed E-state index contributed by atoms with van der Waals surface area (Å²) in [5.74, 6) is -0.299. The summed E-state index contributed by atoms with van der Waals surface area (Å²) in [7, 11) is -5.86. The van der Waals surface area contributed by atoms with Gasteiger partial charge in [0, 0.05) is 36.1 Å². The predicted molar refractivity (Wildman–Crippen MR) is 104 cm³/mol. The van der Waals surface area contributed by atoms with E-state index >= 15 is 0 Å². The smallest absolute Gasteiger partial charge is 0.266 e. The fraction of sp³-hybridized carbons (Fsp3) is 1.00. The van der Waals surface area contributed by atoms with Crippen LogP contribution in [-0.2, 0) is 20.2 Å². The second-order valence-electron chi connectivity index (χ2n) is 5.86. The van der Waals surface area contributed by atoms with Crippen LogP contribution < -0.4 is 5.32 Å². The first-order valence-electron chi connectivity index (χ1n) is 8.67. The minimum atomic E-state index is -3.75. The van der Waals surface area contributed by atoms with E-state index in [0.717, 1.165) is 12.8 Å². The van der Waals surface area contributed by atoms with E-state index in [2.05, 4.69) is 12.2 Å². The fourth-order valence-electron chi connectivity index (χ4n) is 2.00. The Labute approximate surface area is 176 Å². The third-order valence-corrected chi connectivity index (χ3v) is 4.89. The molecule has 0 aromatic rings. The molecule has 0 saturated heterocycles. The van der Waals surface area contributed by atoms with E-state index in [1.54, 1.807) is 7.05 Å². The van der Waals surface area contributed by atoms with Gasteiger partial charge in [-0.25, -0.2) is 0 Å². The number of unbranched alkanes of at least 4 members (excludes halogenated alkanes) is 9. The van der Waals surface area contributed by atoms with Crippen molar-refractivity contribution in [2.24, 2.45) is 0 Å². The molecule has 0 heterocycles. The summed E-state index contributed by atoms with van der Waals surface area (Å²) in [6.07, 6.45) is 11.7. The Kier molecular flexibility index (Phi) is 23.8. The molecule has 0 rings (SSSR count). The van der Waals surface area contributed by atoms with Gasteiger partial charge in [-0.05, 0) is 13.5 Å². The van der Waals surface area contributed by atoms with Crippen molar-refractivity contribution in [3.63, 3.8) is 0 Å². The van der Waals surface area contributed by atoms with Gasteiger partial charge in [-0.2, -0.15) is 16.8 Å². The molecule has 0 bridgehead atoms. The van der Waals surface area contributed by atoms with Gasteiger partial charge < -0.3 is 5.32 Å². The summed E-state index contributed by atoms with van der Waals surface area (Å²) in [4.78, 5) is 0. The van der Waals surface area contributed by atoms with E-state index in [0.29, 0.717) is 13.0 Å². The second kappa shape index (κ2) is 19.5. The largest absolute Gasteiger partial charge is 0.319 e. The maximum absolute atomic E-state index is 10.4. The summed E-state index contributed by atoms with van der Waals surface area (Å²) in [6, 6.07) is 0. The first-order valence-corrected chi connectivity index (χ1v) is 11.9. The van der Waals surface area contributed by atoms with Crippen LogP contribution in [0, 0.1) is 0 Å². The Balaban J connectivity index is -0.000000457. The van der Waals surface area contributed by atoms with Crippen molar-refractivity contribution in [3.8, 4) is 0 Å². The molecular weight excluding hydrogens is 377 g/mol. The van der Waals surface area contributed by atoms with Crippen molar-refractivity contribution in [1.29, 1.82) is 0 Å². The Bertz CT molecular complexity index is 468. The molecule has 0 aromatic carbocycles.